The highest BCUT2D eigenvalue weighted by molar-refractivity contribution is 6.32. The second-order valence-electron chi connectivity index (χ2n) is 2.56. The van der Waals surface area contributed by atoms with Crippen molar-refractivity contribution in [2.45, 2.75) is 0 Å². The van der Waals surface area contributed by atoms with Gasteiger partial charge in [0.25, 0.3) is 0 Å². The minimum absolute atomic E-state index is 0.399. The van der Waals surface area contributed by atoms with Gasteiger partial charge in [-0.15, -0.1) is 0 Å². The Labute approximate surface area is 85.7 Å². The van der Waals surface area contributed by atoms with Crippen LogP contribution in [0, 0.1) is 0 Å². The van der Waals surface area contributed by atoms with E-state index in [9.17, 15) is 0 Å². The van der Waals surface area contributed by atoms with Crippen molar-refractivity contribution in [3.63, 3.8) is 0 Å². The second kappa shape index (κ2) is 3.40. The van der Waals surface area contributed by atoms with Crippen molar-refractivity contribution in [2.75, 3.05) is 0 Å². The number of nitrogens with zero attached hydrogens (tertiary/aromatic N) is 2. The normalized spacial score (nSPS) is 10.3. The van der Waals surface area contributed by atoms with Gasteiger partial charge in [-0.3, -0.25) is 0 Å². The zero-order chi connectivity index (χ0) is 9.26. The fraction of sp³-hybridized carbons (Fsp3) is 0. The summed E-state index contributed by atoms with van der Waals surface area (Å²) in [5.74, 6) is 0. The van der Waals surface area contributed by atoms with Gasteiger partial charge in [0.1, 0.15) is 10.3 Å². The summed E-state index contributed by atoms with van der Waals surface area (Å²) in [7, 11) is 0. The van der Waals surface area contributed by atoms with E-state index in [0.29, 0.717) is 10.3 Å². The largest absolute Gasteiger partial charge is 0.324 e. The van der Waals surface area contributed by atoms with Crippen molar-refractivity contribution in [3.05, 3.63) is 47.0 Å². The molecule has 0 aliphatic rings. The zero-order valence-electron chi connectivity index (χ0n) is 6.61. The highest BCUT2D eigenvalue weighted by atomic mass is 35.5. The first kappa shape index (κ1) is 8.60. The molecule has 0 radical (unpaired) electrons. The number of rotatable bonds is 1. The molecule has 0 unspecified atom stereocenters. The summed E-state index contributed by atoms with van der Waals surface area (Å²) in [4.78, 5) is 3.86. The topological polar surface area (TPSA) is 17.8 Å². The number of halogens is 2. The maximum absolute atomic E-state index is 5.76. The number of pyridine rings is 1. The summed E-state index contributed by atoms with van der Waals surface area (Å²) in [6, 6.07) is 7.38. The molecule has 0 N–H and O–H groups in total. The van der Waals surface area contributed by atoms with Crippen molar-refractivity contribution in [3.8, 4) is 5.69 Å². The van der Waals surface area contributed by atoms with Gasteiger partial charge in [-0.05, 0) is 24.3 Å². The lowest BCUT2D eigenvalue weighted by atomic mass is 10.4. The van der Waals surface area contributed by atoms with Gasteiger partial charge in [0.15, 0.2) is 0 Å². The molecule has 0 aromatic carbocycles. The quantitative estimate of drug-likeness (QED) is 0.665. The van der Waals surface area contributed by atoms with Crippen LogP contribution in [0.15, 0.2) is 36.7 Å². The minimum Gasteiger partial charge on any atom is -0.324 e. The van der Waals surface area contributed by atoms with E-state index in [-0.39, 0.29) is 0 Å². The standard InChI is InChI=1S/C9H6Cl2N2/c10-8-5-7(6-9(11)12-8)13-3-1-2-4-13/h1-6H. The molecule has 2 aromatic heterocycles. The van der Waals surface area contributed by atoms with Gasteiger partial charge in [0.05, 0.1) is 5.69 Å². The average Bonchev–Trinajstić information content (AvgIpc) is 2.53. The Balaban J connectivity index is 2.53. The van der Waals surface area contributed by atoms with Gasteiger partial charge in [-0.2, -0.15) is 0 Å². The molecule has 2 heterocycles. The van der Waals surface area contributed by atoms with Gasteiger partial charge in [0, 0.05) is 12.4 Å². The van der Waals surface area contributed by atoms with Crippen molar-refractivity contribution < 1.29 is 0 Å². The smallest absolute Gasteiger partial charge is 0.132 e. The van der Waals surface area contributed by atoms with Gasteiger partial charge >= 0.3 is 0 Å². The molecule has 2 rings (SSSR count). The lowest BCUT2D eigenvalue weighted by molar-refractivity contribution is 1.07. The summed E-state index contributed by atoms with van der Waals surface area (Å²) in [6.45, 7) is 0. The van der Waals surface area contributed by atoms with Crippen LogP contribution >= 0.6 is 23.2 Å². The molecule has 0 bridgehead atoms. The van der Waals surface area contributed by atoms with Crippen LogP contribution in [0.3, 0.4) is 0 Å². The molecule has 13 heavy (non-hydrogen) atoms. The first-order valence-electron chi connectivity index (χ1n) is 3.72. The van der Waals surface area contributed by atoms with Gasteiger partial charge < -0.3 is 4.57 Å². The monoisotopic (exact) mass is 212 g/mol. The third kappa shape index (κ3) is 1.85. The summed E-state index contributed by atoms with van der Waals surface area (Å²) >= 11 is 11.5. The molecule has 2 nitrogen and oxygen atoms in total. The maximum Gasteiger partial charge on any atom is 0.132 e. The Kier molecular flexibility index (Phi) is 2.25. The fourth-order valence-corrected chi connectivity index (χ4v) is 1.56. The molecule has 0 amide bonds. The van der Waals surface area contributed by atoms with Gasteiger partial charge in [-0.25, -0.2) is 4.98 Å². The molecule has 0 spiro atoms. The maximum atomic E-state index is 5.76. The molecule has 0 aliphatic carbocycles. The molecule has 2 aromatic rings. The van der Waals surface area contributed by atoms with Crippen LogP contribution in [0.5, 0.6) is 0 Å². The van der Waals surface area contributed by atoms with E-state index in [4.69, 9.17) is 23.2 Å². The van der Waals surface area contributed by atoms with E-state index in [1.165, 1.54) is 0 Å². The Morgan fingerprint density at radius 1 is 1.00 bits per heavy atom. The van der Waals surface area contributed by atoms with Gasteiger partial charge in [0.2, 0.25) is 0 Å². The highest BCUT2D eigenvalue weighted by Crippen LogP contribution is 2.17. The van der Waals surface area contributed by atoms with Crippen molar-refractivity contribution in [1.29, 1.82) is 0 Å². The predicted molar refractivity (Wildman–Crippen MR) is 53.6 cm³/mol. The fourth-order valence-electron chi connectivity index (χ4n) is 1.11. The Bertz CT molecular complexity index is 389. The first-order chi connectivity index (χ1) is 6.25. The molecular weight excluding hydrogens is 207 g/mol. The van der Waals surface area contributed by atoms with Crippen molar-refractivity contribution in [1.82, 2.24) is 9.55 Å². The van der Waals surface area contributed by atoms with E-state index in [1.807, 2.05) is 29.1 Å². The summed E-state index contributed by atoms with van der Waals surface area (Å²) in [5, 5.41) is 0.799. The molecule has 4 heteroatoms. The van der Waals surface area contributed by atoms with E-state index in [1.54, 1.807) is 12.1 Å². The van der Waals surface area contributed by atoms with E-state index in [2.05, 4.69) is 4.98 Å². The van der Waals surface area contributed by atoms with Crippen LogP contribution in [-0.2, 0) is 0 Å². The molecule has 0 atom stereocenters. The lowest BCUT2D eigenvalue weighted by Gasteiger charge is -2.02. The SMILES string of the molecule is Clc1cc(-n2cccc2)cc(Cl)n1. The number of aromatic nitrogens is 2. The Hall–Kier alpha value is -0.990. The Morgan fingerprint density at radius 2 is 1.54 bits per heavy atom. The molecular formula is C9H6Cl2N2. The summed E-state index contributed by atoms with van der Waals surface area (Å²) < 4.78 is 1.92. The zero-order valence-corrected chi connectivity index (χ0v) is 8.13. The molecule has 0 aliphatic heterocycles. The highest BCUT2D eigenvalue weighted by Gasteiger charge is 1.99. The van der Waals surface area contributed by atoms with Crippen LogP contribution in [0.4, 0.5) is 0 Å². The van der Waals surface area contributed by atoms with E-state index < -0.39 is 0 Å². The van der Waals surface area contributed by atoms with Crippen LogP contribution in [0.2, 0.25) is 10.3 Å². The van der Waals surface area contributed by atoms with Gasteiger partial charge in [-0.1, -0.05) is 23.2 Å². The molecule has 66 valence electrons. The minimum atomic E-state index is 0.399. The molecule has 0 fully saturated rings. The van der Waals surface area contributed by atoms with E-state index in [0.717, 1.165) is 5.69 Å². The lowest BCUT2D eigenvalue weighted by Crippen LogP contribution is -1.90. The first-order valence-corrected chi connectivity index (χ1v) is 4.48. The Morgan fingerprint density at radius 3 is 2.08 bits per heavy atom. The van der Waals surface area contributed by atoms with Crippen LogP contribution in [0.25, 0.3) is 5.69 Å². The van der Waals surface area contributed by atoms with Crippen LogP contribution in [-0.4, -0.2) is 9.55 Å². The number of hydrogen-bond acceptors (Lipinski definition) is 1. The second-order valence-corrected chi connectivity index (χ2v) is 3.34. The third-order valence-electron chi connectivity index (χ3n) is 1.65. The molecule has 0 saturated carbocycles. The van der Waals surface area contributed by atoms with Crippen molar-refractivity contribution in [2.24, 2.45) is 0 Å². The summed E-state index contributed by atoms with van der Waals surface area (Å²) in [6.07, 6.45) is 3.84. The van der Waals surface area contributed by atoms with E-state index >= 15 is 0 Å². The average molecular weight is 213 g/mol. The third-order valence-corrected chi connectivity index (χ3v) is 2.04. The molecule has 0 saturated heterocycles. The van der Waals surface area contributed by atoms with Crippen molar-refractivity contribution >= 4 is 23.2 Å². The summed E-state index contributed by atoms with van der Waals surface area (Å²) in [5.41, 5.74) is 0.912. The van der Waals surface area contributed by atoms with Crippen LogP contribution in [0.1, 0.15) is 0 Å². The number of hydrogen-bond donors (Lipinski definition) is 0. The van der Waals surface area contributed by atoms with Crippen LogP contribution < -0.4 is 0 Å². The predicted octanol–water partition coefficient (Wildman–Crippen LogP) is 3.18.